The van der Waals surface area contributed by atoms with Gasteiger partial charge in [0.2, 0.25) is 0 Å². The number of carboxylic acids is 2. The number of anilines is 1. The predicted octanol–water partition coefficient (Wildman–Crippen LogP) is 3.00. The topological polar surface area (TPSA) is 171 Å². The minimum absolute atomic E-state index is 0.0997. The SMILES string of the molecule is Cc1nc(N)sc1C(=O)NCCCc1c(C)n[nH]c1C.O=C(O)C(F)(F)F.O=C(O)C(F)(F)F. The number of carbonyl (C=O) groups excluding carboxylic acids is 1. The number of rotatable bonds is 5. The molecule has 0 unspecified atom stereocenters. The maximum atomic E-state index is 12.0. The molecule has 10 nitrogen and oxygen atoms in total. The summed E-state index contributed by atoms with van der Waals surface area (Å²) in [6.07, 6.45) is -8.39. The summed E-state index contributed by atoms with van der Waals surface area (Å²) in [4.78, 5) is 34.4. The van der Waals surface area contributed by atoms with E-state index in [9.17, 15) is 31.1 Å². The number of alkyl halides is 6. The smallest absolute Gasteiger partial charge is 0.475 e. The van der Waals surface area contributed by atoms with Crippen molar-refractivity contribution in [2.45, 2.75) is 46.0 Å². The summed E-state index contributed by atoms with van der Waals surface area (Å²) >= 11 is 1.22. The number of thiazole rings is 1. The van der Waals surface area contributed by atoms with Crippen LogP contribution in [0.15, 0.2) is 0 Å². The van der Waals surface area contributed by atoms with E-state index >= 15 is 0 Å². The molecule has 0 saturated heterocycles. The third-order valence-electron chi connectivity index (χ3n) is 3.67. The Morgan fingerprint density at radius 2 is 1.47 bits per heavy atom. The first-order valence-corrected chi connectivity index (χ1v) is 9.81. The molecule has 0 fully saturated rings. The van der Waals surface area contributed by atoms with E-state index in [1.165, 1.54) is 16.9 Å². The van der Waals surface area contributed by atoms with Crippen LogP contribution in [0.4, 0.5) is 31.5 Å². The normalized spacial score (nSPS) is 11.0. The molecule has 2 heterocycles. The number of aromatic amines is 1. The van der Waals surface area contributed by atoms with Crippen molar-refractivity contribution in [1.82, 2.24) is 20.5 Å². The van der Waals surface area contributed by atoms with Gasteiger partial charge in [-0.25, -0.2) is 14.6 Å². The Labute approximate surface area is 192 Å². The Morgan fingerprint density at radius 1 is 1.00 bits per heavy atom. The average Bonchev–Trinajstić information content (AvgIpc) is 3.19. The lowest BCUT2D eigenvalue weighted by atomic mass is 10.1. The summed E-state index contributed by atoms with van der Waals surface area (Å²) in [7, 11) is 0. The molecule has 0 atom stereocenters. The summed E-state index contributed by atoms with van der Waals surface area (Å²) < 4.78 is 63.5. The third-order valence-corrected chi connectivity index (χ3v) is 4.66. The fourth-order valence-corrected chi connectivity index (χ4v) is 2.87. The van der Waals surface area contributed by atoms with Crippen molar-refractivity contribution in [1.29, 1.82) is 0 Å². The van der Waals surface area contributed by atoms with E-state index in [-0.39, 0.29) is 5.91 Å². The van der Waals surface area contributed by atoms with Gasteiger partial charge in [-0.3, -0.25) is 9.89 Å². The maximum absolute atomic E-state index is 12.0. The van der Waals surface area contributed by atoms with Crippen molar-refractivity contribution in [3.05, 3.63) is 27.5 Å². The number of H-pyrrole nitrogens is 1. The van der Waals surface area contributed by atoms with Crippen LogP contribution in [0.1, 0.15) is 38.7 Å². The Kier molecular flexibility index (Phi) is 11.5. The second kappa shape index (κ2) is 12.8. The van der Waals surface area contributed by atoms with Gasteiger partial charge in [0.05, 0.1) is 11.4 Å². The number of carboxylic acid groups (broad SMARTS) is 2. The average molecular weight is 521 g/mol. The molecule has 2 aromatic rings. The number of halogens is 6. The number of nitrogen functional groups attached to an aromatic ring is 1. The van der Waals surface area contributed by atoms with Gasteiger partial charge in [0.25, 0.3) is 5.91 Å². The zero-order valence-corrected chi connectivity index (χ0v) is 18.7. The molecule has 34 heavy (non-hydrogen) atoms. The van der Waals surface area contributed by atoms with Gasteiger partial charge < -0.3 is 21.3 Å². The van der Waals surface area contributed by atoms with Crippen molar-refractivity contribution in [3.63, 3.8) is 0 Å². The zero-order valence-electron chi connectivity index (χ0n) is 17.9. The number of hydrogen-bond donors (Lipinski definition) is 5. The van der Waals surface area contributed by atoms with E-state index < -0.39 is 24.3 Å². The summed E-state index contributed by atoms with van der Waals surface area (Å²) in [6.45, 7) is 6.42. The quantitative estimate of drug-likeness (QED) is 0.295. The van der Waals surface area contributed by atoms with Gasteiger partial charge in [0, 0.05) is 12.2 Å². The molecule has 0 bridgehead atoms. The molecule has 192 valence electrons. The largest absolute Gasteiger partial charge is 0.490 e. The first kappa shape index (κ1) is 30.6. The van der Waals surface area contributed by atoms with Crippen LogP contribution in [0, 0.1) is 20.8 Å². The minimum Gasteiger partial charge on any atom is -0.475 e. The van der Waals surface area contributed by atoms with Crippen LogP contribution in [-0.4, -0.2) is 62.1 Å². The van der Waals surface area contributed by atoms with Crippen LogP contribution in [-0.2, 0) is 16.0 Å². The lowest BCUT2D eigenvalue weighted by Crippen LogP contribution is -2.24. The number of hydrogen-bond acceptors (Lipinski definition) is 7. The number of aromatic nitrogens is 3. The molecular formula is C17H21F6N5O5S. The molecular weight excluding hydrogens is 500 g/mol. The Bertz CT molecular complexity index is 943. The van der Waals surface area contributed by atoms with Gasteiger partial charge in [0.1, 0.15) is 4.88 Å². The molecule has 0 saturated carbocycles. The number of nitrogens with one attached hydrogen (secondary N) is 2. The van der Waals surface area contributed by atoms with Crippen LogP contribution in [0.3, 0.4) is 0 Å². The first-order valence-electron chi connectivity index (χ1n) is 8.99. The van der Waals surface area contributed by atoms with Crippen molar-refractivity contribution >= 4 is 34.3 Å². The number of carbonyl (C=O) groups is 3. The first-order chi connectivity index (χ1) is 15.4. The lowest BCUT2D eigenvalue weighted by molar-refractivity contribution is -0.193. The van der Waals surface area contributed by atoms with Crippen molar-refractivity contribution < 1.29 is 50.9 Å². The second-order valence-electron chi connectivity index (χ2n) is 6.34. The Balaban J connectivity index is 0.000000642. The molecule has 0 aliphatic rings. The number of aryl methyl sites for hydroxylation is 3. The molecule has 1 amide bonds. The zero-order chi connectivity index (χ0) is 26.9. The van der Waals surface area contributed by atoms with Gasteiger partial charge in [-0.1, -0.05) is 11.3 Å². The number of nitrogens with zero attached hydrogens (tertiary/aromatic N) is 2. The van der Waals surface area contributed by atoms with Crippen molar-refractivity contribution in [3.8, 4) is 0 Å². The summed E-state index contributed by atoms with van der Waals surface area (Å²) in [6, 6.07) is 0. The lowest BCUT2D eigenvalue weighted by Gasteiger charge is -2.04. The van der Waals surface area contributed by atoms with Crippen molar-refractivity contribution in [2.24, 2.45) is 0 Å². The van der Waals surface area contributed by atoms with Crippen LogP contribution in [0.25, 0.3) is 0 Å². The molecule has 2 aromatic heterocycles. The second-order valence-corrected chi connectivity index (χ2v) is 7.38. The highest BCUT2D eigenvalue weighted by molar-refractivity contribution is 7.17. The Morgan fingerprint density at radius 3 is 1.79 bits per heavy atom. The van der Waals surface area contributed by atoms with Gasteiger partial charge in [-0.05, 0) is 39.2 Å². The van der Waals surface area contributed by atoms with Crippen LogP contribution < -0.4 is 11.1 Å². The standard InChI is InChI=1S/C13H19N5OS.2C2HF3O2/c1-7-10(8(2)18-17-7)5-4-6-15-12(19)11-9(3)16-13(14)20-11;2*3-2(4,5)1(6)7/h4-6H2,1-3H3,(H2,14,16)(H,15,19)(H,17,18);2*(H,6,7). The molecule has 0 aliphatic carbocycles. The number of nitrogens with two attached hydrogens (primary N) is 1. The summed E-state index contributed by atoms with van der Waals surface area (Å²) in [5.41, 5.74) is 9.63. The fourth-order valence-electron chi connectivity index (χ4n) is 2.12. The molecule has 0 aromatic carbocycles. The highest BCUT2D eigenvalue weighted by atomic mass is 32.1. The van der Waals surface area contributed by atoms with E-state index in [1.807, 2.05) is 13.8 Å². The van der Waals surface area contributed by atoms with E-state index in [1.54, 1.807) is 6.92 Å². The number of amides is 1. The monoisotopic (exact) mass is 521 g/mol. The highest BCUT2D eigenvalue weighted by Crippen LogP contribution is 2.19. The van der Waals surface area contributed by atoms with E-state index in [4.69, 9.17) is 25.5 Å². The summed E-state index contributed by atoms with van der Waals surface area (Å²) in [5.74, 6) is -5.61. The maximum Gasteiger partial charge on any atom is 0.490 e. The van der Waals surface area contributed by atoms with E-state index in [0.29, 0.717) is 22.2 Å². The fraction of sp³-hybridized carbons (Fsp3) is 0.471. The Hall–Kier alpha value is -3.37. The van der Waals surface area contributed by atoms with Gasteiger partial charge in [0.15, 0.2) is 5.13 Å². The molecule has 2 rings (SSSR count). The van der Waals surface area contributed by atoms with Gasteiger partial charge in [-0.2, -0.15) is 31.4 Å². The van der Waals surface area contributed by atoms with Crippen LogP contribution >= 0.6 is 11.3 Å². The molecule has 0 aliphatic heterocycles. The third kappa shape index (κ3) is 11.0. The summed E-state index contributed by atoms with van der Waals surface area (Å²) in [5, 5.41) is 24.7. The minimum atomic E-state index is -5.08. The van der Waals surface area contributed by atoms with E-state index in [0.717, 1.165) is 24.2 Å². The highest BCUT2D eigenvalue weighted by Gasteiger charge is 2.38. The van der Waals surface area contributed by atoms with Gasteiger partial charge in [-0.15, -0.1) is 0 Å². The molecule has 0 spiro atoms. The molecule has 17 heteroatoms. The van der Waals surface area contributed by atoms with Crippen LogP contribution in [0.2, 0.25) is 0 Å². The van der Waals surface area contributed by atoms with Crippen LogP contribution in [0.5, 0.6) is 0 Å². The van der Waals surface area contributed by atoms with Gasteiger partial charge >= 0.3 is 24.3 Å². The van der Waals surface area contributed by atoms with E-state index in [2.05, 4.69) is 20.5 Å². The number of aliphatic carboxylic acids is 2. The molecule has 0 radical (unpaired) electrons. The predicted molar refractivity (Wildman–Crippen MR) is 107 cm³/mol. The molecule has 6 N–H and O–H groups in total. The van der Waals surface area contributed by atoms with Crippen molar-refractivity contribution in [2.75, 3.05) is 12.3 Å².